The van der Waals surface area contributed by atoms with Crippen molar-refractivity contribution in [2.45, 2.75) is 38.4 Å². The molecule has 0 aromatic carbocycles. The summed E-state index contributed by atoms with van der Waals surface area (Å²) in [5, 5.41) is 9.96. The Balaban J connectivity index is 2.37. The summed E-state index contributed by atoms with van der Waals surface area (Å²) in [6.45, 7) is 4.19. The van der Waals surface area contributed by atoms with Crippen LogP contribution in [0.3, 0.4) is 0 Å². The highest BCUT2D eigenvalue weighted by atomic mass is 16.5. The van der Waals surface area contributed by atoms with E-state index in [2.05, 4.69) is 16.3 Å². The first kappa shape index (κ1) is 10.5. The summed E-state index contributed by atoms with van der Waals surface area (Å²) in [7, 11) is 0. The van der Waals surface area contributed by atoms with Gasteiger partial charge in [-0.3, -0.25) is 0 Å². The van der Waals surface area contributed by atoms with Gasteiger partial charge in [0, 0.05) is 18.4 Å². The SMILES string of the molecule is CC(C)(O)c1n[c]ncc1C1CCCO1. The zero-order chi connectivity index (χ0) is 10.9. The molecule has 1 aromatic heterocycles. The molecular formula is C11H15N2O2. The van der Waals surface area contributed by atoms with Gasteiger partial charge in [0.15, 0.2) is 6.33 Å². The van der Waals surface area contributed by atoms with Crippen molar-refractivity contribution in [3.05, 3.63) is 23.8 Å². The van der Waals surface area contributed by atoms with E-state index in [0.29, 0.717) is 5.69 Å². The Kier molecular flexibility index (Phi) is 2.71. The number of nitrogens with zero attached hydrogens (tertiary/aromatic N) is 2. The van der Waals surface area contributed by atoms with Crippen molar-refractivity contribution < 1.29 is 9.84 Å². The highest BCUT2D eigenvalue weighted by molar-refractivity contribution is 5.24. The van der Waals surface area contributed by atoms with Crippen molar-refractivity contribution in [2.75, 3.05) is 6.61 Å². The van der Waals surface area contributed by atoms with E-state index in [9.17, 15) is 5.11 Å². The predicted molar refractivity (Wildman–Crippen MR) is 54.0 cm³/mol. The van der Waals surface area contributed by atoms with E-state index in [0.717, 1.165) is 25.0 Å². The van der Waals surface area contributed by atoms with Gasteiger partial charge in [0.1, 0.15) is 5.60 Å². The van der Waals surface area contributed by atoms with E-state index in [-0.39, 0.29) is 6.10 Å². The second-order valence-electron chi connectivity index (χ2n) is 4.33. The third-order valence-electron chi connectivity index (χ3n) is 2.55. The first-order valence-electron chi connectivity index (χ1n) is 5.16. The van der Waals surface area contributed by atoms with E-state index in [4.69, 9.17) is 4.74 Å². The second kappa shape index (κ2) is 3.87. The van der Waals surface area contributed by atoms with Crippen LogP contribution in [0.1, 0.15) is 44.1 Å². The molecule has 1 fully saturated rings. The Morgan fingerprint density at radius 2 is 2.40 bits per heavy atom. The maximum atomic E-state index is 9.96. The number of aliphatic hydroxyl groups is 1. The van der Waals surface area contributed by atoms with E-state index in [1.54, 1.807) is 20.0 Å². The summed E-state index contributed by atoms with van der Waals surface area (Å²) in [6, 6.07) is 0. The standard InChI is InChI=1S/C11H15N2O2/c1-11(2,14)10-8(6-12-7-13-10)9-4-3-5-15-9/h6,9,14H,3-5H2,1-2H3. The highest BCUT2D eigenvalue weighted by Crippen LogP contribution is 2.33. The largest absolute Gasteiger partial charge is 0.384 e. The van der Waals surface area contributed by atoms with Gasteiger partial charge in [-0.2, -0.15) is 0 Å². The number of hydrogen-bond acceptors (Lipinski definition) is 4. The molecule has 1 aliphatic rings. The van der Waals surface area contributed by atoms with Crippen LogP contribution in [0.2, 0.25) is 0 Å². The molecule has 1 unspecified atom stereocenters. The molecule has 4 heteroatoms. The molecule has 0 saturated carbocycles. The van der Waals surface area contributed by atoms with Crippen LogP contribution < -0.4 is 0 Å². The van der Waals surface area contributed by atoms with Crippen molar-refractivity contribution >= 4 is 0 Å². The number of ether oxygens (including phenoxy) is 1. The smallest absolute Gasteiger partial charge is 0.198 e. The molecule has 0 amide bonds. The fraction of sp³-hybridized carbons (Fsp3) is 0.636. The summed E-state index contributed by atoms with van der Waals surface area (Å²) in [5.41, 5.74) is 0.531. The Hall–Kier alpha value is -1.00. The van der Waals surface area contributed by atoms with Crippen LogP contribution in [0.25, 0.3) is 0 Å². The van der Waals surface area contributed by atoms with E-state index in [1.807, 2.05) is 0 Å². The highest BCUT2D eigenvalue weighted by Gasteiger charge is 2.28. The fourth-order valence-electron chi connectivity index (χ4n) is 1.85. The molecule has 2 rings (SSSR count). The van der Waals surface area contributed by atoms with Crippen LogP contribution in [-0.2, 0) is 10.3 Å². The van der Waals surface area contributed by atoms with Gasteiger partial charge in [-0.05, 0) is 26.7 Å². The summed E-state index contributed by atoms with van der Waals surface area (Å²) in [4.78, 5) is 7.90. The number of rotatable bonds is 2. The molecule has 0 spiro atoms. The van der Waals surface area contributed by atoms with E-state index in [1.165, 1.54) is 0 Å². The van der Waals surface area contributed by atoms with Crippen molar-refractivity contribution in [1.29, 1.82) is 0 Å². The molecule has 15 heavy (non-hydrogen) atoms. The molecule has 2 heterocycles. The van der Waals surface area contributed by atoms with Gasteiger partial charge >= 0.3 is 0 Å². The van der Waals surface area contributed by atoms with Crippen LogP contribution in [0, 0.1) is 6.33 Å². The molecule has 0 bridgehead atoms. The summed E-state index contributed by atoms with van der Waals surface area (Å²) < 4.78 is 5.57. The second-order valence-corrected chi connectivity index (χ2v) is 4.33. The number of aromatic nitrogens is 2. The summed E-state index contributed by atoms with van der Waals surface area (Å²) in [5.74, 6) is 0. The topological polar surface area (TPSA) is 55.2 Å². The first-order valence-corrected chi connectivity index (χ1v) is 5.16. The molecule has 1 aromatic rings. The van der Waals surface area contributed by atoms with Crippen molar-refractivity contribution in [2.24, 2.45) is 0 Å². The quantitative estimate of drug-likeness (QED) is 0.795. The van der Waals surface area contributed by atoms with Crippen LogP contribution in [0.5, 0.6) is 0 Å². The molecule has 1 N–H and O–H groups in total. The fourth-order valence-corrected chi connectivity index (χ4v) is 1.85. The van der Waals surface area contributed by atoms with E-state index < -0.39 is 5.60 Å². The molecule has 1 atom stereocenters. The lowest BCUT2D eigenvalue weighted by Crippen LogP contribution is -2.21. The Labute approximate surface area is 89.3 Å². The predicted octanol–water partition coefficient (Wildman–Crippen LogP) is 1.36. The van der Waals surface area contributed by atoms with Crippen molar-refractivity contribution in [3.63, 3.8) is 0 Å². The van der Waals surface area contributed by atoms with E-state index >= 15 is 0 Å². The molecule has 81 valence electrons. The third kappa shape index (κ3) is 2.16. The summed E-state index contributed by atoms with van der Waals surface area (Å²) in [6.07, 6.45) is 6.25. The average molecular weight is 207 g/mol. The Bertz CT molecular complexity index is 341. The molecule has 1 aliphatic heterocycles. The van der Waals surface area contributed by atoms with Crippen LogP contribution in [-0.4, -0.2) is 21.7 Å². The normalized spacial score (nSPS) is 21.9. The summed E-state index contributed by atoms with van der Waals surface area (Å²) >= 11 is 0. The minimum Gasteiger partial charge on any atom is -0.384 e. The van der Waals surface area contributed by atoms with Gasteiger partial charge in [0.2, 0.25) is 0 Å². The van der Waals surface area contributed by atoms with Gasteiger partial charge in [-0.1, -0.05) is 0 Å². The van der Waals surface area contributed by atoms with Gasteiger partial charge in [0.25, 0.3) is 0 Å². The Morgan fingerprint density at radius 1 is 1.60 bits per heavy atom. The van der Waals surface area contributed by atoms with Gasteiger partial charge in [-0.15, -0.1) is 0 Å². The number of hydrogen-bond donors (Lipinski definition) is 1. The minimum absolute atomic E-state index is 0.0287. The molecule has 1 saturated heterocycles. The van der Waals surface area contributed by atoms with Crippen molar-refractivity contribution in [3.8, 4) is 0 Å². The molecule has 1 radical (unpaired) electrons. The van der Waals surface area contributed by atoms with Gasteiger partial charge in [-0.25, -0.2) is 9.97 Å². The lowest BCUT2D eigenvalue weighted by molar-refractivity contribution is 0.0629. The van der Waals surface area contributed by atoms with Gasteiger partial charge in [0.05, 0.1) is 11.8 Å². The molecule has 4 nitrogen and oxygen atoms in total. The monoisotopic (exact) mass is 207 g/mol. The van der Waals surface area contributed by atoms with Crippen LogP contribution in [0.15, 0.2) is 6.20 Å². The lowest BCUT2D eigenvalue weighted by atomic mass is 9.96. The van der Waals surface area contributed by atoms with Crippen LogP contribution in [0.4, 0.5) is 0 Å². The maximum Gasteiger partial charge on any atom is 0.198 e. The average Bonchev–Trinajstić information content (AvgIpc) is 2.69. The lowest BCUT2D eigenvalue weighted by Gasteiger charge is -2.21. The third-order valence-corrected chi connectivity index (χ3v) is 2.55. The maximum absolute atomic E-state index is 9.96. The zero-order valence-corrected chi connectivity index (χ0v) is 9.03. The minimum atomic E-state index is -0.972. The van der Waals surface area contributed by atoms with Crippen LogP contribution >= 0.6 is 0 Å². The van der Waals surface area contributed by atoms with Crippen molar-refractivity contribution in [1.82, 2.24) is 9.97 Å². The molecule has 0 aliphatic carbocycles. The first-order chi connectivity index (χ1) is 7.09. The zero-order valence-electron chi connectivity index (χ0n) is 9.03. The Morgan fingerprint density at radius 3 is 3.00 bits per heavy atom. The van der Waals surface area contributed by atoms with Gasteiger partial charge < -0.3 is 9.84 Å². The molecular weight excluding hydrogens is 192 g/mol.